The minimum atomic E-state index is -3.02. The molecule has 8 heteroatoms. The van der Waals surface area contributed by atoms with Gasteiger partial charge < -0.3 is 0 Å². The van der Waals surface area contributed by atoms with Crippen LogP contribution in [0.3, 0.4) is 0 Å². The van der Waals surface area contributed by atoms with Gasteiger partial charge in [-0.05, 0) is 12.1 Å². The third-order valence-corrected chi connectivity index (χ3v) is 5.01. The number of hydrogen-bond donors (Lipinski definition) is 0. The third kappa shape index (κ3) is 3.11. The van der Waals surface area contributed by atoms with E-state index in [2.05, 4.69) is 20.3 Å². The van der Waals surface area contributed by atoms with E-state index in [-0.39, 0.29) is 18.1 Å². The molecule has 0 unspecified atom stereocenters. The minimum absolute atomic E-state index is 0.0513. The van der Waals surface area contributed by atoms with E-state index in [4.69, 9.17) is 0 Å². The predicted molar refractivity (Wildman–Crippen MR) is 82.9 cm³/mol. The summed E-state index contributed by atoms with van der Waals surface area (Å²) < 4.78 is 24.5. The van der Waals surface area contributed by atoms with Crippen LogP contribution in [0.5, 0.6) is 0 Å². The molecule has 3 rings (SSSR count). The summed E-state index contributed by atoms with van der Waals surface area (Å²) in [6.45, 7) is 1.91. The lowest BCUT2D eigenvalue weighted by molar-refractivity contribution is 0.576. The maximum Gasteiger partial charge on any atom is 0.151 e. The van der Waals surface area contributed by atoms with Gasteiger partial charge in [0.1, 0.15) is 11.4 Å². The van der Waals surface area contributed by atoms with Gasteiger partial charge >= 0.3 is 0 Å². The Kier molecular flexibility index (Phi) is 3.84. The Morgan fingerprint density at radius 3 is 2.68 bits per heavy atom. The summed E-state index contributed by atoms with van der Waals surface area (Å²) in [6, 6.07) is 7.57. The molecule has 0 N–H and O–H groups in total. The van der Waals surface area contributed by atoms with Gasteiger partial charge in [-0.3, -0.25) is 9.67 Å². The van der Waals surface area contributed by atoms with Crippen molar-refractivity contribution in [2.24, 2.45) is 0 Å². The van der Waals surface area contributed by atoms with E-state index < -0.39 is 9.84 Å². The van der Waals surface area contributed by atoms with Crippen LogP contribution in [0.1, 0.15) is 6.92 Å². The van der Waals surface area contributed by atoms with Crippen molar-refractivity contribution in [1.29, 1.82) is 0 Å². The first-order valence-corrected chi connectivity index (χ1v) is 8.72. The SMILES string of the molecule is CCS(=O)(=O)CCn1cc(-c2cnc3ccccc3n2)nn1. The Hall–Kier alpha value is -2.35. The number of benzene rings is 1. The van der Waals surface area contributed by atoms with Crippen molar-refractivity contribution < 1.29 is 8.42 Å². The molecule has 0 spiro atoms. The molecule has 0 amide bonds. The van der Waals surface area contributed by atoms with E-state index >= 15 is 0 Å². The number of para-hydroxylation sites is 2. The van der Waals surface area contributed by atoms with E-state index in [1.165, 1.54) is 4.68 Å². The number of rotatable bonds is 5. The zero-order chi connectivity index (χ0) is 15.6. The molecule has 1 aromatic carbocycles. The number of hydrogen-bond acceptors (Lipinski definition) is 6. The highest BCUT2D eigenvalue weighted by molar-refractivity contribution is 7.91. The van der Waals surface area contributed by atoms with E-state index in [1.807, 2.05) is 24.3 Å². The van der Waals surface area contributed by atoms with Crippen LogP contribution in [0.25, 0.3) is 22.4 Å². The van der Waals surface area contributed by atoms with Crippen LogP contribution >= 0.6 is 0 Å². The number of nitrogens with zero attached hydrogens (tertiary/aromatic N) is 5. The number of aromatic nitrogens is 5. The van der Waals surface area contributed by atoms with Gasteiger partial charge in [-0.15, -0.1) is 5.10 Å². The molecule has 0 aliphatic carbocycles. The molecule has 3 aromatic rings. The second-order valence-electron chi connectivity index (χ2n) is 4.85. The summed E-state index contributed by atoms with van der Waals surface area (Å²) in [7, 11) is -3.02. The lowest BCUT2D eigenvalue weighted by Crippen LogP contribution is -2.14. The Bertz CT molecular complexity index is 904. The summed E-state index contributed by atoms with van der Waals surface area (Å²) in [6.07, 6.45) is 3.32. The van der Waals surface area contributed by atoms with Gasteiger partial charge in [0.05, 0.1) is 35.7 Å². The van der Waals surface area contributed by atoms with Gasteiger partial charge in [-0.25, -0.2) is 13.4 Å². The molecule has 114 valence electrons. The molecule has 0 saturated heterocycles. The number of aryl methyl sites for hydroxylation is 1. The van der Waals surface area contributed by atoms with Crippen LogP contribution in [0.4, 0.5) is 0 Å². The van der Waals surface area contributed by atoms with Crippen LogP contribution in [-0.2, 0) is 16.4 Å². The molecule has 0 radical (unpaired) electrons. The fraction of sp³-hybridized carbons (Fsp3) is 0.286. The van der Waals surface area contributed by atoms with Gasteiger partial charge in [0, 0.05) is 5.75 Å². The van der Waals surface area contributed by atoms with Gasteiger partial charge in [0.25, 0.3) is 0 Å². The van der Waals surface area contributed by atoms with Crippen molar-refractivity contribution in [2.45, 2.75) is 13.5 Å². The average Bonchev–Trinajstić information content (AvgIpc) is 3.02. The van der Waals surface area contributed by atoms with Crippen molar-refractivity contribution in [3.63, 3.8) is 0 Å². The standard InChI is InChI=1S/C14H15N5O2S/c1-2-22(20,21)8-7-19-10-14(17-18-19)13-9-15-11-5-3-4-6-12(11)16-13/h3-6,9-10H,2,7-8H2,1H3. The predicted octanol–water partition coefficient (Wildman–Crippen LogP) is 1.32. The molecule has 22 heavy (non-hydrogen) atoms. The molecule has 7 nitrogen and oxygen atoms in total. The zero-order valence-corrected chi connectivity index (χ0v) is 12.9. The summed E-state index contributed by atoms with van der Waals surface area (Å²) in [5.74, 6) is 0.181. The summed E-state index contributed by atoms with van der Waals surface area (Å²) in [5.41, 5.74) is 2.78. The fourth-order valence-electron chi connectivity index (χ4n) is 1.98. The third-order valence-electron chi connectivity index (χ3n) is 3.32. The summed E-state index contributed by atoms with van der Waals surface area (Å²) in [4.78, 5) is 8.82. The molecule has 0 aliphatic rings. The number of sulfone groups is 1. The lowest BCUT2D eigenvalue weighted by atomic mass is 10.3. The first-order chi connectivity index (χ1) is 10.6. The molecular formula is C14H15N5O2S. The Morgan fingerprint density at radius 2 is 1.91 bits per heavy atom. The molecular weight excluding hydrogens is 302 g/mol. The monoisotopic (exact) mass is 317 g/mol. The maximum atomic E-state index is 11.5. The Labute approximate surface area is 127 Å². The quantitative estimate of drug-likeness (QED) is 0.705. The van der Waals surface area contributed by atoms with E-state index in [0.717, 1.165) is 11.0 Å². The van der Waals surface area contributed by atoms with Gasteiger partial charge in [-0.1, -0.05) is 24.3 Å². The normalized spacial score (nSPS) is 11.9. The van der Waals surface area contributed by atoms with E-state index in [9.17, 15) is 8.42 Å². The van der Waals surface area contributed by atoms with Crippen molar-refractivity contribution in [2.75, 3.05) is 11.5 Å². The summed E-state index contributed by atoms with van der Waals surface area (Å²) >= 11 is 0. The van der Waals surface area contributed by atoms with Gasteiger partial charge in [0.2, 0.25) is 0 Å². The van der Waals surface area contributed by atoms with Crippen molar-refractivity contribution in [3.8, 4) is 11.4 Å². The first kappa shape index (κ1) is 14.6. The van der Waals surface area contributed by atoms with E-state index in [0.29, 0.717) is 11.4 Å². The molecule has 0 bridgehead atoms. The first-order valence-electron chi connectivity index (χ1n) is 6.90. The summed E-state index contributed by atoms with van der Waals surface area (Å²) in [5, 5.41) is 7.98. The molecule has 0 aliphatic heterocycles. The molecule has 2 aromatic heterocycles. The highest BCUT2D eigenvalue weighted by atomic mass is 32.2. The maximum absolute atomic E-state index is 11.5. The molecule has 0 fully saturated rings. The molecule has 0 atom stereocenters. The zero-order valence-electron chi connectivity index (χ0n) is 12.0. The fourth-order valence-corrected chi connectivity index (χ4v) is 2.74. The van der Waals surface area contributed by atoms with E-state index in [1.54, 1.807) is 19.3 Å². The highest BCUT2D eigenvalue weighted by Gasteiger charge is 2.10. The largest absolute Gasteiger partial charge is 0.252 e. The highest BCUT2D eigenvalue weighted by Crippen LogP contribution is 2.16. The van der Waals surface area contributed by atoms with Crippen molar-refractivity contribution >= 4 is 20.9 Å². The van der Waals surface area contributed by atoms with Gasteiger partial charge in [-0.2, -0.15) is 0 Å². The average molecular weight is 317 g/mol. The van der Waals surface area contributed by atoms with Crippen molar-refractivity contribution in [1.82, 2.24) is 25.0 Å². The molecule has 0 saturated carbocycles. The van der Waals surface area contributed by atoms with Gasteiger partial charge in [0.15, 0.2) is 9.84 Å². The van der Waals surface area contributed by atoms with Crippen LogP contribution < -0.4 is 0 Å². The van der Waals surface area contributed by atoms with Crippen LogP contribution in [0, 0.1) is 0 Å². The smallest absolute Gasteiger partial charge is 0.151 e. The lowest BCUT2D eigenvalue weighted by Gasteiger charge is -2.00. The number of fused-ring (bicyclic) bond motifs is 1. The second kappa shape index (κ2) is 5.80. The van der Waals surface area contributed by atoms with Crippen LogP contribution in [0.2, 0.25) is 0 Å². The Morgan fingerprint density at radius 1 is 1.14 bits per heavy atom. The van der Waals surface area contributed by atoms with Crippen LogP contribution in [0.15, 0.2) is 36.7 Å². The van der Waals surface area contributed by atoms with Crippen molar-refractivity contribution in [3.05, 3.63) is 36.7 Å². The Balaban J connectivity index is 1.83. The second-order valence-corrected chi connectivity index (χ2v) is 7.32. The minimum Gasteiger partial charge on any atom is -0.252 e. The molecule has 2 heterocycles. The topological polar surface area (TPSA) is 90.6 Å². The van der Waals surface area contributed by atoms with Crippen LogP contribution in [-0.4, -0.2) is 44.9 Å².